The third-order valence-corrected chi connectivity index (χ3v) is 1.80. The molecular formula is C6H9NO3. The molecule has 1 N–H and O–H groups in total. The molecule has 2 rings (SSSR count). The fraction of sp³-hybridized carbons (Fsp3) is 0.833. The van der Waals surface area contributed by atoms with Gasteiger partial charge in [-0.1, -0.05) is 0 Å². The predicted molar refractivity (Wildman–Crippen MR) is 32.5 cm³/mol. The predicted octanol–water partition coefficient (Wildman–Crippen LogP) is -1.10. The van der Waals surface area contributed by atoms with Gasteiger partial charge >= 0.3 is 5.97 Å². The maximum atomic E-state index is 10.6. The van der Waals surface area contributed by atoms with E-state index >= 15 is 0 Å². The quantitative estimate of drug-likeness (QED) is 0.437. The summed E-state index contributed by atoms with van der Waals surface area (Å²) in [5.74, 6) is -0.245. The van der Waals surface area contributed by atoms with Gasteiger partial charge < -0.3 is 14.8 Å². The van der Waals surface area contributed by atoms with E-state index in [4.69, 9.17) is 9.47 Å². The molecule has 2 aliphatic rings. The Bertz CT molecular complexity index is 159. The Labute approximate surface area is 58.5 Å². The molecular weight excluding hydrogens is 134 g/mol. The second kappa shape index (κ2) is 2.21. The van der Waals surface area contributed by atoms with Crippen LogP contribution in [0.5, 0.6) is 0 Å². The van der Waals surface area contributed by atoms with Crippen molar-refractivity contribution in [3.63, 3.8) is 0 Å². The van der Waals surface area contributed by atoms with Crippen molar-refractivity contribution in [2.24, 2.45) is 0 Å². The molecule has 0 aromatic rings. The lowest BCUT2D eigenvalue weighted by molar-refractivity contribution is -0.176. The van der Waals surface area contributed by atoms with Crippen molar-refractivity contribution in [1.29, 1.82) is 0 Å². The SMILES string of the molecule is O=C1COC2CNCC2O1. The van der Waals surface area contributed by atoms with Gasteiger partial charge in [-0.2, -0.15) is 0 Å². The van der Waals surface area contributed by atoms with Crippen LogP contribution in [0.2, 0.25) is 0 Å². The Kier molecular flexibility index (Phi) is 1.35. The number of fused-ring (bicyclic) bond motifs is 1. The van der Waals surface area contributed by atoms with E-state index in [-0.39, 0.29) is 24.8 Å². The minimum atomic E-state index is -0.245. The van der Waals surface area contributed by atoms with Crippen LogP contribution in [-0.2, 0) is 14.3 Å². The van der Waals surface area contributed by atoms with Gasteiger partial charge in [0.25, 0.3) is 0 Å². The maximum Gasteiger partial charge on any atom is 0.332 e. The van der Waals surface area contributed by atoms with Crippen molar-refractivity contribution in [3.8, 4) is 0 Å². The Morgan fingerprint density at radius 2 is 2.20 bits per heavy atom. The first-order valence-electron chi connectivity index (χ1n) is 3.38. The number of rotatable bonds is 0. The summed E-state index contributed by atoms with van der Waals surface area (Å²) in [6.07, 6.45) is 0.0546. The van der Waals surface area contributed by atoms with Gasteiger partial charge in [0, 0.05) is 13.1 Å². The van der Waals surface area contributed by atoms with Gasteiger partial charge in [-0.3, -0.25) is 0 Å². The summed E-state index contributed by atoms with van der Waals surface area (Å²) in [6, 6.07) is 0. The number of carbonyl (C=O) groups excluding carboxylic acids is 1. The lowest BCUT2D eigenvalue weighted by atomic mass is 10.2. The number of nitrogens with one attached hydrogen (secondary N) is 1. The van der Waals surface area contributed by atoms with Gasteiger partial charge in [-0.05, 0) is 0 Å². The van der Waals surface area contributed by atoms with Gasteiger partial charge in [0.15, 0.2) is 0 Å². The second-order valence-electron chi connectivity index (χ2n) is 2.54. The molecule has 0 spiro atoms. The van der Waals surface area contributed by atoms with Gasteiger partial charge in [0.05, 0.1) is 0 Å². The van der Waals surface area contributed by atoms with Crippen molar-refractivity contribution in [2.75, 3.05) is 19.7 Å². The number of hydrogen-bond donors (Lipinski definition) is 1. The molecule has 4 nitrogen and oxygen atoms in total. The van der Waals surface area contributed by atoms with E-state index in [1.54, 1.807) is 0 Å². The van der Waals surface area contributed by atoms with Crippen LogP contribution >= 0.6 is 0 Å². The topological polar surface area (TPSA) is 47.6 Å². The van der Waals surface area contributed by atoms with E-state index in [2.05, 4.69) is 5.32 Å². The van der Waals surface area contributed by atoms with Crippen LogP contribution in [0.3, 0.4) is 0 Å². The molecule has 0 saturated carbocycles. The summed E-state index contributed by atoms with van der Waals surface area (Å²) in [5, 5.41) is 3.08. The normalized spacial score (nSPS) is 39.0. The highest BCUT2D eigenvalue weighted by Gasteiger charge is 2.35. The first-order valence-corrected chi connectivity index (χ1v) is 3.38. The summed E-state index contributed by atoms with van der Waals surface area (Å²) in [6.45, 7) is 1.65. The van der Waals surface area contributed by atoms with Crippen LogP contribution in [0, 0.1) is 0 Å². The summed E-state index contributed by atoms with van der Waals surface area (Å²) < 4.78 is 10.2. The summed E-state index contributed by atoms with van der Waals surface area (Å²) >= 11 is 0. The molecule has 0 radical (unpaired) electrons. The Morgan fingerprint density at radius 3 is 3.10 bits per heavy atom. The standard InChI is InChI=1S/C6H9NO3/c8-6-3-9-4-1-7-2-5(4)10-6/h4-5,7H,1-3H2. The number of hydrogen-bond acceptors (Lipinski definition) is 4. The highest BCUT2D eigenvalue weighted by atomic mass is 16.6. The minimum absolute atomic E-state index is 0.0405. The monoisotopic (exact) mass is 143 g/mol. The molecule has 2 aliphatic heterocycles. The van der Waals surface area contributed by atoms with E-state index in [1.807, 2.05) is 0 Å². The highest BCUT2D eigenvalue weighted by Crippen LogP contribution is 2.13. The molecule has 4 heteroatoms. The van der Waals surface area contributed by atoms with Crippen LogP contribution < -0.4 is 5.32 Å². The zero-order chi connectivity index (χ0) is 6.97. The average Bonchev–Trinajstić information content (AvgIpc) is 2.33. The molecule has 0 aromatic heterocycles. The Balaban J connectivity index is 2.03. The number of ether oxygens (including phenoxy) is 2. The van der Waals surface area contributed by atoms with E-state index in [1.165, 1.54) is 0 Å². The van der Waals surface area contributed by atoms with Gasteiger partial charge in [-0.15, -0.1) is 0 Å². The van der Waals surface area contributed by atoms with Crippen LogP contribution in [0.4, 0.5) is 0 Å². The zero-order valence-corrected chi connectivity index (χ0v) is 5.50. The highest BCUT2D eigenvalue weighted by molar-refractivity contribution is 5.71. The van der Waals surface area contributed by atoms with Crippen molar-refractivity contribution >= 4 is 5.97 Å². The first-order chi connectivity index (χ1) is 4.86. The van der Waals surface area contributed by atoms with E-state index in [0.717, 1.165) is 13.1 Å². The minimum Gasteiger partial charge on any atom is -0.456 e. The molecule has 56 valence electrons. The van der Waals surface area contributed by atoms with Crippen LogP contribution in [0.15, 0.2) is 0 Å². The fourth-order valence-corrected chi connectivity index (χ4v) is 1.29. The van der Waals surface area contributed by atoms with Gasteiger partial charge in [0.2, 0.25) is 0 Å². The lowest BCUT2D eigenvalue weighted by Crippen LogP contribution is -2.39. The fourth-order valence-electron chi connectivity index (χ4n) is 1.29. The molecule has 2 heterocycles. The lowest BCUT2D eigenvalue weighted by Gasteiger charge is -2.24. The molecule has 10 heavy (non-hydrogen) atoms. The second-order valence-corrected chi connectivity index (χ2v) is 2.54. The smallest absolute Gasteiger partial charge is 0.332 e. The van der Waals surface area contributed by atoms with Crippen molar-refractivity contribution in [1.82, 2.24) is 5.32 Å². The molecule has 2 atom stereocenters. The summed E-state index contributed by atoms with van der Waals surface area (Å²) in [4.78, 5) is 10.6. The van der Waals surface area contributed by atoms with Crippen LogP contribution in [-0.4, -0.2) is 37.9 Å². The van der Waals surface area contributed by atoms with Crippen molar-refractivity contribution < 1.29 is 14.3 Å². The van der Waals surface area contributed by atoms with E-state index in [9.17, 15) is 4.79 Å². The largest absolute Gasteiger partial charge is 0.456 e. The van der Waals surface area contributed by atoms with Gasteiger partial charge in [0.1, 0.15) is 18.8 Å². The van der Waals surface area contributed by atoms with Crippen LogP contribution in [0.1, 0.15) is 0 Å². The molecule has 2 fully saturated rings. The molecule has 0 amide bonds. The van der Waals surface area contributed by atoms with Gasteiger partial charge in [-0.25, -0.2) is 4.79 Å². The van der Waals surface area contributed by atoms with E-state index in [0.29, 0.717) is 0 Å². The first kappa shape index (κ1) is 6.12. The summed E-state index contributed by atoms with van der Waals surface area (Å²) in [7, 11) is 0. The molecule has 0 aliphatic carbocycles. The van der Waals surface area contributed by atoms with Crippen LogP contribution in [0.25, 0.3) is 0 Å². The zero-order valence-electron chi connectivity index (χ0n) is 5.50. The number of carbonyl (C=O) groups is 1. The van der Waals surface area contributed by atoms with Crippen molar-refractivity contribution in [2.45, 2.75) is 12.2 Å². The maximum absolute atomic E-state index is 10.6. The van der Waals surface area contributed by atoms with E-state index < -0.39 is 0 Å². The molecule has 2 saturated heterocycles. The summed E-state index contributed by atoms with van der Waals surface area (Å²) in [5.41, 5.74) is 0. The molecule has 0 aromatic carbocycles. The Hall–Kier alpha value is -0.610. The average molecular weight is 143 g/mol. The third kappa shape index (κ3) is 0.892. The number of esters is 1. The Morgan fingerprint density at radius 1 is 1.40 bits per heavy atom. The third-order valence-electron chi connectivity index (χ3n) is 1.80. The molecule has 2 unspecified atom stereocenters. The van der Waals surface area contributed by atoms with Crippen molar-refractivity contribution in [3.05, 3.63) is 0 Å². The molecule has 0 bridgehead atoms.